The van der Waals surface area contributed by atoms with Crippen LogP contribution >= 0.6 is 0 Å². The predicted molar refractivity (Wildman–Crippen MR) is 98.3 cm³/mol. The molecule has 4 bridgehead atoms. The molecule has 2 N–H and O–H groups in total. The SMILES string of the molecule is CC=C1C[N@@+]2(C)[C@H]3C[C@@H]1[C@H](CO)[C@@H]2Cc1c3n(C)c2ccc(O)cc12. The second-order valence-corrected chi connectivity index (χ2v) is 8.47. The van der Waals surface area contributed by atoms with Crippen molar-refractivity contribution in [3.63, 3.8) is 0 Å². The van der Waals surface area contributed by atoms with E-state index in [-0.39, 0.29) is 6.61 Å². The lowest BCUT2D eigenvalue weighted by molar-refractivity contribution is -0.978. The first-order valence-corrected chi connectivity index (χ1v) is 9.40. The van der Waals surface area contributed by atoms with Gasteiger partial charge in [-0.05, 0) is 36.3 Å². The van der Waals surface area contributed by atoms with Gasteiger partial charge in [-0.15, -0.1) is 0 Å². The number of phenols is 1. The van der Waals surface area contributed by atoms with Crippen molar-refractivity contribution in [2.45, 2.75) is 31.8 Å². The van der Waals surface area contributed by atoms with Gasteiger partial charge in [0.2, 0.25) is 0 Å². The topological polar surface area (TPSA) is 45.4 Å². The van der Waals surface area contributed by atoms with Crippen LogP contribution in [0.25, 0.3) is 10.9 Å². The summed E-state index contributed by atoms with van der Waals surface area (Å²) in [6, 6.07) is 6.72. The average Bonchev–Trinajstić information content (AvgIpc) is 2.85. The monoisotopic (exact) mass is 339 g/mol. The van der Waals surface area contributed by atoms with E-state index in [2.05, 4.69) is 31.7 Å². The van der Waals surface area contributed by atoms with Crippen molar-refractivity contribution >= 4 is 10.9 Å². The summed E-state index contributed by atoms with van der Waals surface area (Å²) in [7, 11) is 4.57. The summed E-state index contributed by atoms with van der Waals surface area (Å²) in [5, 5.41) is 21.4. The van der Waals surface area contributed by atoms with Crippen LogP contribution in [0.4, 0.5) is 0 Å². The molecular weight excluding hydrogens is 312 g/mol. The number of fused-ring (bicyclic) bond motifs is 4. The lowest BCUT2D eigenvalue weighted by Crippen LogP contribution is -2.70. The number of rotatable bonds is 1. The number of aryl methyl sites for hydroxylation is 1. The van der Waals surface area contributed by atoms with Gasteiger partial charge in [0, 0.05) is 42.6 Å². The van der Waals surface area contributed by atoms with Crippen molar-refractivity contribution in [1.29, 1.82) is 0 Å². The van der Waals surface area contributed by atoms with Gasteiger partial charge >= 0.3 is 0 Å². The minimum absolute atomic E-state index is 0.276. The van der Waals surface area contributed by atoms with Gasteiger partial charge in [0.25, 0.3) is 0 Å². The van der Waals surface area contributed by atoms with E-state index in [0.29, 0.717) is 29.7 Å². The molecule has 4 aliphatic heterocycles. The van der Waals surface area contributed by atoms with Crippen LogP contribution in [0.3, 0.4) is 0 Å². The summed E-state index contributed by atoms with van der Waals surface area (Å²) in [5.74, 6) is 1.21. The van der Waals surface area contributed by atoms with Crippen LogP contribution in [0.2, 0.25) is 0 Å². The highest BCUT2D eigenvalue weighted by molar-refractivity contribution is 5.87. The van der Waals surface area contributed by atoms with Crippen molar-refractivity contribution < 1.29 is 14.7 Å². The van der Waals surface area contributed by atoms with Gasteiger partial charge in [-0.25, -0.2) is 0 Å². The molecule has 4 nitrogen and oxygen atoms in total. The fourth-order valence-corrected chi connectivity index (χ4v) is 6.44. The van der Waals surface area contributed by atoms with Crippen LogP contribution in [0, 0.1) is 11.8 Å². The number of phenolic OH excluding ortho intramolecular Hbond substituents is 1. The van der Waals surface area contributed by atoms with Crippen LogP contribution in [0.15, 0.2) is 29.8 Å². The Bertz CT molecular complexity index is 912. The second kappa shape index (κ2) is 4.89. The second-order valence-electron chi connectivity index (χ2n) is 8.47. The molecule has 0 aliphatic carbocycles. The summed E-state index contributed by atoms with van der Waals surface area (Å²) in [4.78, 5) is 0. The number of likely N-dealkylation sites (N-methyl/N-ethyl adjacent to an activating group) is 1. The van der Waals surface area contributed by atoms with Crippen molar-refractivity contribution in [2.75, 3.05) is 20.2 Å². The predicted octanol–water partition coefficient (Wildman–Crippen LogP) is 2.88. The first-order valence-electron chi connectivity index (χ1n) is 9.40. The Labute approximate surface area is 148 Å². The Morgan fingerprint density at radius 3 is 2.88 bits per heavy atom. The van der Waals surface area contributed by atoms with Crippen LogP contribution in [0.5, 0.6) is 5.75 Å². The first-order chi connectivity index (χ1) is 12.0. The highest BCUT2D eigenvalue weighted by Gasteiger charge is 2.61. The van der Waals surface area contributed by atoms with E-state index in [0.717, 1.165) is 23.9 Å². The minimum atomic E-state index is 0.276. The summed E-state index contributed by atoms with van der Waals surface area (Å²) in [6.45, 7) is 3.54. The molecule has 4 heteroatoms. The van der Waals surface area contributed by atoms with E-state index in [9.17, 15) is 10.2 Å². The van der Waals surface area contributed by atoms with Crippen LogP contribution < -0.4 is 0 Å². The van der Waals surface area contributed by atoms with E-state index in [1.165, 1.54) is 27.7 Å². The number of aromatic hydroxyl groups is 1. The van der Waals surface area contributed by atoms with Crippen LogP contribution in [0.1, 0.15) is 30.6 Å². The molecule has 0 unspecified atom stereocenters. The van der Waals surface area contributed by atoms with Gasteiger partial charge in [-0.2, -0.15) is 0 Å². The van der Waals surface area contributed by atoms with E-state index in [1.807, 2.05) is 12.1 Å². The highest BCUT2D eigenvalue weighted by Crippen LogP contribution is 2.58. The quantitative estimate of drug-likeness (QED) is 0.620. The van der Waals surface area contributed by atoms with E-state index in [4.69, 9.17) is 0 Å². The summed E-state index contributed by atoms with van der Waals surface area (Å²) >= 11 is 0. The summed E-state index contributed by atoms with van der Waals surface area (Å²) in [6.07, 6.45) is 4.42. The van der Waals surface area contributed by atoms with E-state index in [1.54, 1.807) is 6.07 Å². The smallest absolute Gasteiger partial charge is 0.131 e. The molecule has 5 atom stereocenters. The number of piperidine rings is 3. The molecule has 3 saturated heterocycles. The van der Waals surface area contributed by atoms with Gasteiger partial charge in [0.1, 0.15) is 18.3 Å². The summed E-state index contributed by atoms with van der Waals surface area (Å²) < 4.78 is 3.39. The van der Waals surface area contributed by atoms with Crippen LogP contribution in [-0.4, -0.2) is 45.5 Å². The van der Waals surface area contributed by atoms with E-state index < -0.39 is 0 Å². The fourth-order valence-electron chi connectivity index (χ4n) is 6.44. The number of quaternary nitrogens is 1. The molecule has 0 amide bonds. The van der Waals surface area contributed by atoms with Gasteiger partial charge in [-0.3, -0.25) is 0 Å². The fraction of sp³-hybridized carbons (Fsp3) is 0.524. The maximum atomic E-state index is 10.2. The third kappa shape index (κ3) is 1.74. The molecule has 3 fully saturated rings. The number of hydrogen-bond acceptors (Lipinski definition) is 2. The molecule has 6 rings (SSSR count). The summed E-state index contributed by atoms with van der Waals surface area (Å²) in [5.41, 5.74) is 5.61. The molecule has 0 saturated carbocycles. The van der Waals surface area contributed by atoms with Gasteiger partial charge in [-0.1, -0.05) is 6.08 Å². The molecule has 4 aliphatic rings. The Hall–Kier alpha value is -1.78. The minimum Gasteiger partial charge on any atom is -0.508 e. The molecule has 0 spiro atoms. The Morgan fingerprint density at radius 2 is 2.16 bits per heavy atom. The van der Waals surface area contributed by atoms with Crippen molar-refractivity contribution in [3.05, 3.63) is 41.1 Å². The Morgan fingerprint density at radius 1 is 1.36 bits per heavy atom. The normalized spacial score (nSPS) is 37.7. The largest absolute Gasteiger partial charge is 0.508 e. The molecule has 5 heterocycles. The Kier molecular flexibility index (Phi) is 3.03. The molecule has 1 aromatic carbocycles. The molecule has 1 aromatic heterocycles. The number of benzene rings is 1. The first kappa shape index (κ1) is 15.5. The molecule has 0 radical (unpaired) electrons. The third-order valence-electron chi connectivity index (χ3n) is 7.61. The zero-order chi connectivity index (χ0) is 17.5. The van der Waals surface area contributed by atoms with E-state index >= 15 is 0 Å². The van der Waals surface area contributed by atoms with Crippen molar-refractivity contribution in [3.8, 4) is 5.75 Å². The maximum Gasteiger partial charge on any atom is 0.131 e. The zero-order valence-electron chi connectivity index (χ0n) is 15.2. The van der Waals surface area contributed by atoms with Crippen molar-refractivity contribution in [2.24, 2.45) is 18.9 Å². The van der Waals surface area contributed by atoms with Crippen molar-refractivity contribution in [1.82, 2.24) is 4.57 Å². The zero-order valence-corrected chi connectivity index (χ0v) is 15.2. The van der Waals surface area contributed by atoms with Gasteiger partial charge < -0.3 is 19.3 Å². The molecule has 2 aromatic rings. The van der Waals surface area contributed by atoms with Crippen LogP contribution in [-0.2, 0) is 13.5 Å². The number of nitrogens with zero attached hydrogens (tertiary/aromatic N) is 2. The lowest BCUT2D eigenvalue weighted by Gasteiger charge is -2.63. The highest BCUT2D eigenvalue weighted by atomic mass is 16.3. The number of allylic oxidation sites excluding steroid dienone is 1. The van der Waals surface area contributed by atoms with Gasteiger partial charge in [0.15, 0.2) is 0 Å². The molecular formula is C21H27N2O2+. The third-order valence-corrected chi connectivity index (χ3v) is 7.61. The number of aliphatic hydroxyl groups is 1. The Balaban J connectivity index is 1.77. The lowest BCUT2D eigenvalue weighted by atomic mass is 9.62. The van der Waals surface area contributed by atoms with Gasteiger partial charge in [0.05, 0.1) is 25.4 Å². The number of hydrogen-bond donors (Lipinski definition) is 2. The number of aromatic nitrogens is 1. The average molecular weight is 339 g/mol. The number of aliphatic hydroxyl groups excluding tert-OH is 1. The standard InChI is InChI=1S/C21H26N2O2/c1-4-12-10-23(3)19-9-16-15-7-13(25)5-6-18(15)22(2)21(16)20(23)8-14(12)17(19)11-24/h4-7,14,17,19-20,24H,8-11H2,1-3H3/p+1/t14-,17-,19-,20-,23+/m0/s1. The molecule has 132 valence electrons. The molecule has 25 heavy (non-hydrogen) atoms. The maximum absolute atomic E-state index is 10.2.